The predicted octanol–water partition coefficient (Wildman–Crippen LogP) is 3.65. The molecule has 3 N–H and O–H groups in total. The van der Waals surface area contributed by atoms with Crippen molar-refractivity contribution in [1.82, 2.24) is 5.43 Å². The van der Waals surface area contributed by atoms with Gasteiger partial charge in [-0.05, 0) is 42.0 Å². The molecule has 0 radical (unpaired) electrons. The normalized spacial score (nSPS) is 12.5. The van der Waals surface area contributed by atoms with Crippen LogP contribution in [0.3, 0.4) is 0 Å². The fourth-order valence-corrected chi connectivity index (χ4v) is 2.52. The number of hydrogen-bond donors (Lipinski definition) is 2. The van der Waals surface area contributed by atoms with Crippen LogP contribution in [0, 0.1) is 0 Å². The van der Waals surface area contributed by atoms with Crippen LogP contribution in [0.2, 0.25) is 5.02 Å². The summed E-state index contributed by atoms with van der Waals surface area (Å²) in [6.07, 6.45) is 0. The van der Waals surface area contributed by atoms with Gasteiger partial charge in [-0.25, -0.2) is 5.43 Å². The molecule has 0 bridgehead atoms. The van der Waals surface area contributed by atoms with Crippen LogP contribution in [0.5, 0.6) is 5.75 Å². The summed E-state index contributed by atoms with van der Waals surface area (Å²) in [5, 5.41) is 1.62. The lowest BCUT2D eigenvalue weighted by atomic mass is 10.0. The summed E-state index contributed by atoms with van der Waals surface area (Å²) in [6, 6.07) is 14.9. The number of methoxy groups -OCH3 is 1. The molecule has 0 aliphatic rings. The largest absolute Gasteiger partial charge is 0.497 e. The topological polar surface area (TPSA) is 60.4 Å². The number of nitrogens with one attached hydrogen (secondary N) is 1. The molecular formula is C16H15ClN2O2. The highest BCUT2D eigenvalue weighted by Crippen LogP contribution is 2.30. The number of fused-ring (bicyclic) bond motifs is 1. The Bertz CT molecular complexity index is 770. The van der Waals surface area contributed by atoms with Gasteiger partial charge in [-0.2, -0.15) is 0 Å². The molecular weight excluding hydrogens is 288 g/mol. The first-order valence-corrected chi connectivity index (χ1v) is 6.88. The summed E-state index contributed by atoms with van der Waals surface area (Å²) in [7, 11) is 1.63. The van der Waals surface area contributed by atoms with Gasteiger partial charge < -0.3 is 9.15 Å². The molecule has 4 nitrogen and oxygen atoms in total. The minimum absolute atomic E-state index is 0.258. The van der Waals surface area contributed by atoms with Crippen molar-refractivity contribution in [2.75, 3.05) is 7.11 Å². The first kappa shape index (κ1) is 13.9. The number of nitrogens with two attached hydrogens (primary N) is 1. The van der Waals surface area contributed by atoms with Crippen molar-refractivity contribution >= 4 is 22.6 Å². The highest BCUT2D eigenvalue weighted by molar-refractivity contribution is 6.31. The molecule has 3 aromatic rings. The standard InChI is InChI=1S/C16H15ClN2O2/c1-20-13-4-2-3-10(8-13)16(19-18)15-9-11-7-12(17)5-6-14(11)21-15/h2-9,16,19H,18H2,1H3. The van der Waals surface area contributed by atoms with E-state index in [4.69, 9.17) is 26.6 Å². The van der Waals surface area contributed by atoms with Crippen molar-refractivity contribution in [1.29, 1.82) is 0 Å². The van der Waals surface area contributed by atoms with Crippen molar-refractivity contribution in [3.05, 3.63) is 64.9 Å². The number of hydrogen-bond acceptors (Lipinski definition) is 4. The van der Waals surface area contributed by atoms with Crippen LogP contribution in [-0.2, 0) is 0 Å². The Kier molecular flexibility index (Phi) is 3.84. The molecule has 0 amide bonds. The molecule has 0 aliphatic carbocycles. The molecule has 2 aromatic carbocycles. The average Bonchev–Trinajstić information content (AvgIpc) is 2.91. The third kappa shape index (κ3) is 2.74. The molecule has 108 valence electrons. The lowest BCUT2D eigenvalue weighted by Gasteiger charge is -2.14. The lowest BCUT2D eigenvalue weighted by Crippen LogP contribution is -2.28. The zero-order chi connectivity index (χ0) is 14.8. The van der Waals surface area contributed by atoms with E-state index in [1.807, 2.05) is 42.5 Å². The number of ether oxygens (including phenoxy) is 1. The smallest absolute Gasteiger partial charge is 0.134 e. The maximum Gasteiger partial charge on any atom is 0.134 e. The number of furan rings is 1. The Morgan fingerprint density at radius 3 is 2.81 bits per heavy atom. The predicted molar refractivity (Wildman–Crippen MR) is 83.4 cm³/mol. The molecule has 0 aliphatic heterocycles. The molecule has 1 atom stereocenters. The van der Waals surface area contributed by atoms with Crippen LogP contribution in [0.1, 0.15) is 17.4 Å². The van der Waals surface area contributed by atoms with E-state index in [0.29, 0.717) is 5.02 Å². The van der Waals surface area contributed by atoms with Crippen molar-refractivity contribution < 1.29 is 9.15 Å². The van der Waals surface area contributed by atoms with E-state index in [1.54, 1.807) is 13.2 Å². The van der Waals surface area contributed by atoms with Gasteiger partial charge in [0.15, 0.2) is 0 Å². The first-order valence-electron chi connectivity index (χ1n) is 6.50. The van der Waals surface area contributed by atoms with Crippen LogP contribution in [0.4, 0.5) is 0 Å². The van der Waals surface area contributed by atoms with E-state index in [1.165, 1.54) is 0 Å². The van der Waals surface area contributed by atoms with Crippen LogP contribution in [0.15, 0.2) is 52.9 Å². The lowest BCUT2D eigenvalue weighted by molar-refractivity contribution is 0.412. The second-order valence-electron chi connectivity index (χ2n) is 4.71. The van der Waals surface area contributed by atoms with Crippen molar-refractivity contribution in [3.8, 4) is 5.75 Å². The van der Waals surface area contributed by atoms with Crippen LogP contribution >= 0.6 is 11.6 Å². The van der Waals surface area contributed by atoms with E-state index >= 15 is 0 Å². The molecule has 1 aromatic heterocycles. The fraction of sp³-hybridized carbons (Fsp3) is 0.125. The fourth-order valence-electron chi connectivity index (χ4n) is 2.34. The van der Waals surface area contributed by atoms with Crippen molar-refractivity contribution in [3.63, 3.8) is 0 Å². The molecule has 21 heavy (non-hydrogen) atoms. The summed E-state index contributed by atoms with van der Waals surface area (Å²) < 4.78 is 11.1. The van der Waals surface area contributed by atoms with Gasteiger partial charge in [0.05, 0.1) is 7.11 Å². The molecule has 1 unspecified atom stereocenters. The number of hydrazine groups is 1. The number of benzene rings is 2. The Hall–Kier alpha value is -2.01. The van der Waals surface area contributed by atoms with E-state index in [9.17, 15) is 0 Å². The Labute approximate surface area is 127 Å². The molecule has 3 rings (SSSR count). The van der Waals surface area contributed by atoms with Crippen LogP contribution in [-0.4, -0.2) is 7.11 Å². The summed E-state index contributed by atoms with van der Waals surface area (Å²) in [5.74, 6) is 7.20. The third-order valence-electron chi connectivity index (χ3n) is 3.38. The molecule has 1 heterocycles. The summed E-state index contributed by atoms with van der Waals surface area (Å²) in [6.45, 7) is 0. The molecule has 5 heteroatoms. The Morgan fingerprint density at radius 1 is 1.19 bits per heavy atom. The van der Waals surface area contributed by atoms with Gasteiger partial charge in [0.1, 0.15) is 23.1 Å². The Balaban J connectivity index is 2.04. The minimum Gasteiger partial charge on any atom is -0.497 e. The third-order valence-corrected chi connectivity index (χ3v) is 3.61. The summed E-state index contributed by atoms with van der Waals surface area (Å²) in [5.41, 5.74) is 4.51. The van der Waals surface area contributed by atoms with Gasteiger partial charge in [-0.1, -0.05) is 23.7 Å². The maximum atomic E-state index is 6.00. The Morgan fingerprint density at radius 2 is 2.05 bits per heavy atom. The quantitative estimate of drug-likeness (QED) is 0.570. The number of halogens is 1. The summed E-state index contributed by atoms with van der Waals surface area (Å²) in [4.78, 5) is 0. The molecule has 0 saturated carbocycles. The van der Waals surface area contributed by atoms with Gasteiger partial charge in [0, 0.05) is 10.4 Å². The SMILES string of the molecule is COc1cccc(C(NN)c2cc3cc(Cl)ccc3o2)c1. The maximum absolute atomic E-state index is 6.00. The highest BCUT2D eigenvalue weighted by atomic mass is 35.5. The second-order valence-corrected chi connectivity index (χ2v) is 5.14. The van der Waals surface area contributed by atoms with Crippen molar-refractivity contribution in [2.24, 2.45) is 5.84 Å². The molecule has 0 spiro atoms. The van der Waals surface area contributed by atoms with Gasteiger partial charge in [-0.15, -0.1) is 0 Å². The zero-order valence-electron chi connectivity index (χ0n) is 11.5. The van der Waals surface area contributed by atoms with Crippen LogP contribution < -0.4 is 16.0 Å². The molecule has 0 saturated heterocycles. The summed E-state index contributed by atoms with van der Waals surface area (Å²) >= 11 is 6.00. The van der Waals surface area contributed by atoms with Crippen LogP contribution in [0.25, 0.3) is 11.0 Å². The minimum atomic E-state index is -0.258. The average molecular weight is 303 g/mol. The van der Waals surface area contributed by atoms with Gasteiger partial charge in [-0.3, -0.25) is 5.84 Å². The number of rotatable bonds is 4. The van der Waals surface area contributed by atoms with Crippen molar-refractivity contribution in [2.45, 2.75) is 6.04 Å². The van der Waals surface area contributed by atoms with Gasteiger partial charge in [0.2, 0.25) is 0 Å². The van der Waals surface area contributed by atoms with Gasteiger partial charge in [0.25, 0.3) is 0 Å². The monoisotopic (exact) mass is 302 g/mol. The van der Waals surface area contributed by atoms with E-state index in [-0.39, 0.29) is 6.04 Å². The highest BCUT2D eigenvalue weighted by Gasteiger charge is 2.18. The van der Waals surface area contributed by atoms with E-state index in [2.05, 4.69) is 5.43 Å². The zero-order valence-corrected chi connectivity index (χ0v) is 12.2. The van der Waals surface area contributed by atoms with E-state index < -0.39 is 0 Å². The first-order chi connectivity index (χ1) is 10.2. The van der Waals surface area contributed by atoms with Gasteiger partial charge >= 0.3 is 0 Å². The van der Waals surface area contributed by atoms with E-state index in [0.717, 1.165) is 28.0 Å². The second kappa shape index (κ2) is 5.77. The molecule has 0 fully saturated rings.